The van der Waals surface area contributed by atoms with E-state index in [9.17, 15) is 4.79 Å². The molecule has 4 heteroatoms. The maximum Gasteiger partial charge on any atom is 0.230 e. The molecule has 2 heterocycles. The van der Waals surface area contributed by atoms with Gasteiger partial charge in [-0.05, 0) is 57.2 Å². The Morgan fingerprint density at radius 1 is 1.24 bits per heavy atom. The van der Waals surface area contributed by atoms with E-state index in [1.165, 1.54) is 12.8 Å². The quantitative estimate of drug-likeness (QED) is 0.893. The average Bonchev–Trinajstić information content (AvgIpc) is 2.67. The van der Waals surface area contributed by atoms with Gasteiger partial charge in [0.1, 0.15) is 0 Å². The molecule has 3 rings (SSSR count). The summed E-state index contributed by atoms with van der Waals surface area (Å²) in [5.74, 6) is 1.00. The Labute approximate surface area is 151 Å². The van der Waals surface area contributed by atoms with Crippen molar-refractivity contribution in [2.45, 2.75) is 51.0 Å². The minimum Gasteiger partial charge on any atom is -0.381 e. The van der Waals surface area contributed by atoms with Crippen LogP contribution < -0.4 is 5.32 Å². The van der Waals surface area contributed by atoms with Crippen LogP contribution in [0, 0.1) is 5.92 Å². The SMILES string of the molecule is CC1CCN([C@@H](C)CNC(=O)C2(c3ccccc3)CCOCC2)CC1. The third-order valence-electron chi connectivity index (χ3n) is 6.11. The van der Waals surface area contributed by atoms with Crippen molar-refractivity contribution in [3.63, 3.8) is 0 Å². The van der Waals surface area contributed by atoms with Gasteiger partial charge in [-0.25, -0.2) is 0 Å². The third kappa shape index (κ3) is 4.24. The second-order valence-corrected chi connectivity index (χ2v) is 7.84. The van der Waals surface area contributed by atoms with E-state index in [-0.39, 0.29) is 5.91 Å². The van der Waals surface area contributed by atoms with Gasteiger partial charge >= 0.3 is 0 Å². The second kappa shape index (κ2) is 8.33. The summed E-state index contributed by atoms with van der Waals surface area (Å²) in [6.07, 6.45) is 4.06. The van der Waals surface area contributed by atoms with Crippen LogP contribution in [0.3, 0.4) is 0 Å². The minimum atomic E-state index is -0.435. The molecule has 1 atom stereocenters. The number of carbonyl (C=O) groups is 1. The maximum absolute atomic E-state index is 13.2. The Morgan fingerprint density at radius 2 is 1.88 bits per heavy atom. The summed E-state index contributed by atoms with van der Waals surface area (Å²) in [7, 11) is 0. The van der Waals surface area contributed by atoms with E-state index in [0.29, 0.717) is 19.3 Å². The predicted octanol–water partition coefficient (Wildman–Crippen LogP) is 2.97. The molecule has 2 saturated heterocycles. The first-order valence-corrected chi connectivity index (χ1v) is 9.77. The fourth-order valence-corrected chi connectivity index (χ4v) is 4.13. The number of rotatable bonds is 5. The summed E-state index contributed by atoms with van der Waals surface area (Å²) in [5, 5.41) is 3.26. The summed E-state index contributed by atoms with van der Waals surface area (Å²) < 4.78 is 5.54. The zero-order valence-electron chi connectivity index (χ0n) is 15.7. The number of likely N-dealkylation sites (tertiary alicyclic amines) is 1. The Hall–Kier alpha value is -1.39. The zero-order valence-corrected chi connectivity index (χ0v) is 15.7. The first kappa shape index (κ1) is 18.4. The van der Waals surface area contributed by atoms with Gasteiger partial charge in [0.05, 0.1) is 5.41 Å². The summed E-state index contributed by atoms with van der Waals surface area (Å²) in [6.45, 7) is 8.89. The van der Waals surface area contributed by atoms with Crippen molar-refractivity contribution in [2.75, 3.05) is 32.8 Å². The van der Waals surface area contributed by atoms with Gasteiger partial charge in [-0.1, -0.05) is 37.3 Å². The van der Waals surface area contributed by atoms with Gasteiger partial charge in [-0.2, -0.15) is 0 Å². The predicted molar refractivity (Wildman–Crippen MR) is 101 cm³/mol. The van der Waals surface area contributed by atoms with Crippen molar-refractivity contribution in [1.82, 2.24) is 10.2 Å². The van der Waals surface area contributed by atoms with Gasteiger partial charge in [-0.3, -0.25) is 9.69 Å². The molecule has 0 radical (unpaired) electrons. The molecule has 4 nitrogen and oxygen atoms in total. The van der Waals surface area contributed by atoms with Crippen LogP contribution in [0.25, 0.3) is 0 Å². The molecule has 1 amide bonds. The van der Waals surface area contributed by atoms with Gasteiger partial charge in [-0.15, -0.1) is 0 Å². The molecular weight excluding hydrogens is 312 g/mol. The van der Waals surface area contributed by atoms with E-state index in [0.717, 1.165) is 44.0 Å². The monoisotopic (exact) mass is 344 g/mol. The van der Waals surface area contributed by atoms with Crippen LogP contribution in [-0.4, -0.2) is 49.7 Å². The highest BCUT2D eigenvalue weighted by Crippen LogP contribution is 2.35. The zero-order chi connectivity index (χ0) is 17.7. The van der Waals surface area contributed by atoms with Crippen LogP contribution in [0.1, 0.15) is 45.1 Å². The molecule has 2 fully saturated rings. The number of nitrogens with zero attached hydrogens (tertiary/aromatic N) is 1. The van der Waals surface area contributed by atoms with E-state index in [4.69, 9.17) is 4.74 Å². The van der Waals surface area contributed by atoms with Crippen molar-refractivity contribution in [3.8, 4) is 0 Å². The Kier molecular flexibility index (Phi) is 6.13. The molecule has 1 aromatic carbocycles. The number of ether oxygens (including phenoxy) is 1. The van der Waals surface area contributed by atoms with Gasteiger partial charge in [0.2, 0.25) is 5.91 Å². The van der Waals surface area contributed by atoms with Crippen molar-refractivity contribution >= 4 is 5.91 Å². The highest BCUT2D eigenvalue weighted by molar-refractivity contribution is 5.88. The average molecular weight is 344 g/mol. The van der Waals surface area contributed by atoms with E-state index < -0.39 is 5.41 Å². The molecule has 2 aliphatic heterocycles. The summed E-state index contributed by atoms with van der Waals surface area (Å²) in [4.78, 5) is 15.7. The molecule has 0 aliphatic carbocycles. The molecule has 0 saturated carbocycles. The maximum atomic E-state index is 13.2. The Bertz CT molecular complexity index is 546. The number of amides is 1. The Morgan fingerprint density at radius 3 is 2.52 bits per heavy atom. The number of piperidine rings is 1. The van der Waals surface area contributed by atoms with Crippen molar-refractivity contribution in [1.29, 1.82) is 0 Å². The van der Waals surface area contributed by atoms with Crippen molar-refractivity contribution in [2.24, 2.45) is 5.92 Å². The number of carbonyl (C=O) groups excluding carboxylic acids is 1. The first-order valence-electron chi connectivity index (χ1n) is 9.77. The smallest absolute Gasteiger partial charge is 0.230 e. The largest absolute Gasteiger partial charge is 0.381 e. The van der Waals surface area contributed by atoms with Crippen LogP contribution in [0.4, 0.5) is 0 Å². The van der Waals surface area contributed by atoms with Gasteiger partial charge in [0, 0.05) is 25.8 Å². The fourth-order valence-electron chi connectivity index (χ4n) is 4.13. The molecule has 0 aromatic heterocycles. The lowest BCUT2D eigenvalue weighted by molar-refractivity contribution is -0.130. The van der Waals surface area contributed by atoms with Gasteiger partial charge in [0.15, 0.2) is 0 Å². The van der Waals surface area contributed by atoms with Crippen molar-refractivity contribution in [3.05, 3.63) is 35.9 Å². The van der Waals surface area contributed by atoms with E-state index in [1.807, 2.05) is 18.2 Å². The molecule has 0 spiro atoms. The number of hydrogen-bond acceptors (Lipinski definition) is 3. The summed E-state index contributed by atoms with van der Waals surface area (Å²) in [6, 6.07) is 10.6. The molecule has 138 valence electrons. The van der Waals surface area contributed by atoms with Crippen LogP contribution in [-0.2, 0) is 14.9 Å². The molecule has 1 aromatic rings. The highest BCUT2D eigenvalue weighted by Gasteiger charge is 2.41. The highest BCUT2D eigenvalue weighted by atomic mass is 16.5. The van der Waals surface area contributed by atoms with E-state index >= 15 is 0 Å². The Balaban J connectivity index is 1.63. The number of nitrogens with one attached hydrogen (secondary N) is 1. The van der Waals surface area contributed by atoms with Crippen LogP contribution in [0.5, 0.6) is 0 Å². The second-order valence-electron chi connectivity index (χ2n) is 7.84. The van der Waals surface area contributed by atoms with Gasteiger partial charge < -0.3 is 10.1 Å². The van der Waals surface area contributed by atoms with Gasteiger partial charge in [0.25, 0.3) is 0 Å². The molecule has 0 unspecified atom stereocenters. The lowest BCUT2D eigenvalue weighted by Gasteiger charge is -2.38. The molecule has 0 bridgehead atoms. The molecule has 1 N–H and O–H groups in total. The van der Waals surface area contributed by atoms with Crippen LogP contribution >= 0.6 is 0 Å². The van der Waals surface area contributed by atoms with Crippen molar-refractivity contribution < 1.29 is 9.53 Å². The third-order valence-corrected chi connectivity index (χ3v) is 6.11. The first-order chi connectivity index (χ1) is 12.1. The van der Waals surface area contributed by atoms with E-state index in [2.05, 4.69) is 36.2 Å². The summed E-state index contributed by atoms with van der Waals surface area (Å²) in [5.41, 5.74) is 0.686. The normalized spacial score (nSPS) is 23.1. The molecule has 2 aliphatic rings. The number of benzene rings is 1. The fraction of sp³-hybridized carbons (Fsp3) is 0.667. The van der Waals surface area contributed by atoms with Crippen LogP contribution in [0.2, 0.25) is 0 Å². The van der Waals surface area contributed by atoms with E-state index in [1.54, 1.807) is 0 Å². The standard InChI is InChI=1S/C21H32N2O2/c1-17-8-12-23(13-9-17)18(2)16-22-20(24)21(10-14-25-15-11-21)19-6-4-3-5-7-19/h3-7,17-18H,8-16H2,1-2H3,(H,22,24)/t18-/m0/s1. The lowest BCUT2D eigenvalue weighted by atomic mass is 9.73. The van der Waals surface area contributed by atoms with Crippen LogP contribution in [0.15, 0.2) is 30.3 Å². The lowest BCUT2D eigenvalue weighted by Crippen LogP contribution is -2.52. The molecule has 25 heavy (non-hydrogen) atoms. The topological polar surface area (TPSA) is 41.6 Å². The number of hydrogen-bond donors (Lipinski definition) is 1. The minimum absolute atomic E-state index is 0.166. The molecular formula is C21H32N2O2. The summed E-state index contributed by atoms with van der Waals surface area (Å²) >= 11 is 0.